The van der Waals surface area contributed by atoms with Crippen LogP contribution in [0.1, 0.15) is 54.6 Å². The minimum Gasteiger partial charge on any atom is -0.460 e. The number of benzene rings is 1. The Kier molecular flexibility index (Phi) is 6.44. The summed E-state index contributed by atoms with van der Waals surface area (Å²) in [6, 6.07) is 8.48. The van der Waals surface area contributed by atoms with E-state index >= 15 is 0 Å². The first-order chi connectivity index (χ1) is 15.3. The minimum absolute atomic E-state index is 0.0129. The maximum atomic E-state index is 12.9. The molecule has 1 atom stereocenters. The predicted molar refractivity (Wildman–Crippen MR) is 123 cm³/mol. The number of aryl methyl sites for hydroxylation is 4. The molecule has 1 aromatic heterocycles. The van der Waals surface area contributed by atoms with Gasteiger partial charge >= 0.3 is 6.01 Å². The summed E-state index contributed by atoms with van der Waals surface area (Å²) in [5.74, 6) is -0.313. The highest BCUT2D eigenvalue weighted by atomic mass is 16.5. The van der Waals surface area contributed by atoms with E-state index in [2.05, 4.69) is 22.2 Å². The summed E-state index contributed by atoms with van der Waals surface area (Å²) >= 11 is 0. The Hall–Kier alpha value is -2.96. The minimum atomic E-state index is -0.304. The summed E-state index contributed by atoms with van der Waals surface area (Å²) < 4.78 is 5.98. The SMILES string of the molecule is Cc1cc(C)nc(OC2CCC(NC(=O)C3CC(=O)N(c4ccc(C)c(C)c4)C3)CC2)n1. The zero-order valence-corrected chi connectivity index (χ0v) is 19.4. The summed E-state index contributed by atoms with van der Waals surface area (Å²) in [7, 11) is 0. The molecule has 7 heteroatoms. The van der Waals surface area contributed by atoms with Gasteiger partial charge in [-0.25, -0.2) is 9.97 Å². The third-order valence-corrected chi connectivity index (χ3v) is 6.55. The lowest BCUT2D eigenvalue weighted by atomic mass is 9.92. The third kappa shape index (κ3) is 5.09. The van der Waals surface area contributed by atoms with Gasteiger partial charge in [-0.2, -0.15) is 0 Å². The van der Waals surface area contributed by atoms with Crippen LogP contribution in [0.3, 0.4) is 0 Å². The molecule has 1 aliphatic carbocycles. The highest BCUT2D eigenvalue weighted by Gasteiger charge is 2.36. The van der Waals surface area contributed by atoms with Crippen LogP contribution in [0.2, 0.25) is 0 Å². The maximum absolute atomic E-state index is 12.9. The third-order valence-electron chi connectivity index (χ3n) is 6.55. The van der Waals surface area contributed by atoms with Crippen LogP contribution in [0.5, 0.6) is 6.01 Å². The van der Waals surface area contributed by atoms with Gasteiger partial charge in [0.05, 0.1) is 5.92 Å². The molecule has 0 spiro atoms. The van der Waals surface area contributed by atoms with Gasteiger partial charge < -0.3 is 15.0 Å². The van der Waals surface area contributed by atoms with Crippen molar-refractivity contribution in [2.24, 2.45) is 5.92 Å². The monoisotopic (exact) mass is 436 g/mol. The first-order valence-electron chi connectivity index (χ1n) is 11.5. The lowest BCUT2D eigenvalue weighted by molar-refractivity contribution is -0.127. The molecule has 2 aliphatic rings. The van der Waals surface area contributed by atoms with Gasteiger partial charge in [0.25, 0.3) is 0 Å². The second-order valence-electron chi connectivity index (χ2n) is 9.21. The molecule has 1 saturated carbocycles. The molecular weight excluding hydrogens is 404 g/mol. The fourth-order valence-corrected chi connectivity index (χ4v) is 4.57. The van der Waals surface area contributed by atoms with Crippen molar-refractivity contribution >= 4 is 17.5 Å². The van der Waals surface area contributed by atoms with Crippen molar-refractivity contribution in [3.8, 4) is 6.01 Å². The van der Waals surface area contributed by atoms with Crippen LogP contribution in [-0.2, 0) is 9.59 Å². The Morgan fingerprint density at radius 3 is 2.34 bits per heavy atom. The molecule has 2 aromatic rings. The number of hydrogen-bond acceptors (Lipinski definition) is 5. The fraction of sp³-hybridized carbons (Fsp3) is 0.520. The number of ether oxygens (including phenoxy) is 1. The number of nitrogens with one attached hydrogen (secondary N) is 1. The van der Waals surface area contributed by atoms with Crippen molar-refractivity contribution in [2.75, 3.05) is 11.4 Å². The van der Waals surface area contributed by atoms with Gasteiger partial charge in [-0.1, -0.05) is 6.07 Å². The van der Waals surface area contributed by atoms with Crippen molar-refractivity contribution in [1.29, 1.82) is 0 Å². The van der Waals surface area contributed by atoms with E-state index in [4.69, 9.17) is 4.74 Å². The number of aromatic nitrogens is 2. The van der Waals surface area contributed by atoms with Gasteiger partial charge in [0.1, 0.15) is 6.10 Å². The Morgan fingerprint density at radius 2 is 1.69 bits per heavy atom. The van der Waals surface area contributed by atoms with Crippen LogP contribution in [0.15, 0.2) is 24.3 Å². The summed E-state index contributed by atoms with van der Waals surface area (Å²) in [6.07, 6.45) is 3.73. The second-order valence-corrected chi connectivity index (χ2v) is 9.21. The van der Waals surface area contributed by atoms with E-state index in [9.17, 15) is 9.59 Å². The first-order valence-corrected chi connectivity index (χ1v) is 11.5. The normalized spacial score (nSPS) is 23.3. The van der Waals surface area contributed by atoms with Crippen LogP contribution < -0.4 is 15.0 Å². The predicted octanol–water partition coefficient (Wildman–Crippen LogP) is 3.57. The first kappa shape index (κ1) is 22.2. The summed E-state index contributed by atoms with van der Waals surface area (Å²) in [5, 5.41) is 3.17. The molecule has 1 saturated heterocycles. The molecule has 4 rings (SSSR count). The highest BCUT2D eigenvalue weighted by Crippen LogP contribution is 2.28. The van der Waals surface area contributed by atoms with E-state index in [-0.39, 0.29) is 36.3 Å². The molecule has 1 N–H and O–H groups in total. The smallest absolute Gasteiger partial charge is 0.317 e. The number of anilines is 1. The number of carbonyl (C=O) groups is 2. The Morgan fingerprint density at radius 1 is 1.00 bits per heavy atom. The van der Waals surface area contributed by atoms with Gasteiger partial charge in [0.2, 0.25) is 11.8 Å². The van der Waals surface area contributed by atoms with Gasteiger partial charge in [-0.3, -0.25) is 9.59 Å². The number of hydrogen-bond donors (Lipinski definition) is 1. The Labute approximate surface area is 189 Å². The second kappa shape index (κ2) is 9.27. The maximum Gasteiger partial charge on any atom is 0.317 e. The quantitative estimate of drug-likeness (QED) is 0.775. The van der Waals surface area contributed by atoms with E-state index in [1.165, 1.54) is 5.56 Å². The van der Waals surface area contributed by atoms with Crippen LogP contribution in [0.25, 0.3) is 0 Å². The number of amides is 2. The number of nitrogens with zero attached hydrogens (tertiary/aromatic N) is 3. The molecule has 1 aromatic carbocycles. The molecule has 32 heavy (non-hydrogen) atoms. The Bertz CT molecular complexity index is 994. The largest absolute Gasteiger partial charge is 0.460 e. The van der Waals surface area contributed by atoms with Gasteiger partial charge in [-0.05, 0) is 82.7 Å². The topological polar surface area (TPSA) is 84.4 Å². The van der Waals surface area contributed by atoms with Crippen molar-refractivity contribution in [3.05, 3.63) is 46.8 Å². The fourth-order valence-electron chi connectivity index (χ4n) is 4.57. The molecule has 1 aliphatic heterocycles. The number of carbonyl (C=O) groups excluding carboxylic acids is 2. The van der Waals surface area contributed by atoms with E-state index in [0.717, 1.165) is 48.3 Å². The standard InChI is InChI=1S/C25H32N4O3/c1-15-5-8-21(11-16(15)2)29-14-19(13-23(29)30)24(31)28-20-6-9-22(10-7-20)32-25-26-17(3)12-18(4)27-25/h5,8,11-12,19-20,22H,6-7,9-10,13-14H2,1-4H3,(H,28,31). The van der Waals surface area contributed by atoms with Gasteiger partial charge in [0, 0.05) is 36.1 Å². The summed E-state index contributed by atoms with van der Waals surface area (Å²) in [4.78, 5) is 35.9. The lowest BCUT2D eigenvalue weighted by Crippen LogP contribution is -2.43. The van der Waals surface area contributed by atoms with Crippen LogP contribution in [0.4, 0.5) is 5.69 Å². The molecule has 1 unspecified atom stereocenters. The zero-order chi connectivity index (χ0) is 22.8. The van der Waals surface area contributed by atoms with Crippen molar-refractivity contribution in [1.82, 2.24) is 15.3 Å². The lowest BCUT2D eigenvalue weighted by Gasteiger charge is -2.29. The van der Waals surface area contributed by atoms with Crippen molar-refractivity contribution in [3.63, 3.8) is 0 Å². The molecule has 0 radical (unpaired) electrons. The van der Waals surface area contributed by atoms with Crippen LogP contribution in [0, 0.1) is 33.6 Å². The molecule has 7 nitrogen and oxygen atoms in total. The van der Waals surface area contributed by atoms with Crippen LogP contribution in [-0.4, -0.2) is 40.5 Å². The molecular formula is C25H32N4O3. The highest BCUT2D eigenvalue weighted by molar-refractivity contribution is 6.00. The van der Waals surface area contributed by atoms with E-state index in [0.29, 0.717) is 12.6 Å². The van der Waals surface area contributed by atoms with Crippen molar-refractivity contribution < 1.29 is 14.3 Å². The summed E-state index contributed by atoms with van der Waals surface area (Å²) in [5.41, 5.74) is 5.01. The number of rotatable bonds is 5. The van der Waals surface area contributed by atoms with E-state index in [1.54, 1.807) is 4.90 Å². The van der Waals surface area contributed by atoms with Crippen LogP contribution >= 0.6 is 0 Å². The zero-order valence-electron chi connectivity index (χ0n) is 19.4. The van der Waals surface area contributed by atoms with Crippen molar-refractivity contribution in [2.45, 2.75) is 71.9 Å². The van der Waals surface area contributed by atoms with Gasteiger partial charge in [-0.15, -0.1) is 0 Å². The average molecular weight is 437 g/mol. The van der Waals surface area contributed by atoms with E-state index in [1.807, 2.05) is 45.0 Å². The Balaban J connectivity index is 1.27. The molecule has 2 fully saturated rings. The molecule has 2 heterocycles. The average Bonchev–Trinajstić information content (AvgIpc) is 3.12. The molecule has 0 bridgehead atoms. The molecule has 170 valence electrons. The summed E-state index contributed by atoms with van der Waals surface area (Å²) in [6.45, 7) is 8.40. The van der Waals surface area contributed by atoms with Gasteiger partial charge in [0.15, 0.2) is 0 Å². The van der Waals surface area contributed by atoms with E-state index < -0.39 is 0 Å². The molecule has 2 amide bonds.